The number of hydrogen-bond donors (Lipinski definition) is 2. The minimum atomic E-state index is 0.534. The highest BCUT2D eigenvalue weighted by Gasteiger charge is 2.03. The van der Waals surface area contributed by atoms with E-state index in [1.165, 1.54) is 0 Å². The Morgan fingerprint density at radius 1 is 1.60 bits per heavy atom. The normalized spacial score (nSPS) is 10.3. The van der Waals surface area contributed by atoms with Gasteiger partial charge in [-0.1, -0.05) is 0 Å². The first-order chi connectivity index (χ1) is 4.74. The molecular weight excluding hydrogens is 130 g/mol. The molecule has 1 rings (SSSR count). The molecule has 10 heavy (non-hydrogen) atoms. The lowest BCUT2D eigenvalue weighted by Gasteiger charge is -1.92. The van der Waals surface area contributed by atoms with E-state index in [9.17, 15) is 0 Å². The molecule has 0 saturated carbocycles. The van der Waals surface area contributed by atoms with Gasteiger partial charge in [0.15, 0.2) is 5.89 Å². The first-order valence-corrected chi connectivity index (χ1v) is 3.10. The van der Waals surface area contributed by atoms with Crippen LogP contribution < -0.4 is 11.3 Å². The molecule has 0 aliphatic rings. The molecule has 0 spiro atoms. The first kappa shape index (κ1) is 7.24. The van der Waals surface area contributed by atoms with Crippen LogP contribution in [0.3, 0.4) is 0 Å². The smallest absolute Gasteiger partial charge is 0.191 e. The SMILES string of the molecule is Cc1nc(C)c(CNN)o1. The number of hydrogen-bond acceptors (Lipinski definition) is 4. The fraction of sp³-hybridized carbons (Fsp3) is 0.500. The monoisotopic (exact) mass is 141 g/mol. The molecule has 0 atom stereocenters. The standard InChI is InChI=1S/C6H11N3O/c1-4-6(3-8-7)10-5(2)9-4/h8H,3,7H2,1-2H3. The maximum Gasteiger partial charge on any atom is 0.191 e. The summed E-state index contributed by atoms with van der Waals surface area (Å²) in [4.78, 5) is 4.07. The van der Waals surface area contributed by atoms with Gasteiger partial charge in [-0.25, -0.2) is 4.98 Å². The van der Waals surface area contributed by atoms with Gasteiger partial charge in [-0.2, -0.15) is 0 Å². The van der Waals surface area contributed by atoms with E-state index in [4.69, 9.17) is 10.3 Å². The maximum atomic E-state index is 5.20. The van der Waals surface area contributed by atoms with E-state index in [2.05, 4.69) is 10.4 Å². The van der Waals surface area contributed by atoms with Gasteiger partial charge in [0.2, 0.25) is 0 Å². The predicted octanol–water partition coefficient (Wildman–Crippen LogP) is 0.255. The van der Waals surface area contributed by atoms with E-state index in [1.807, 2.05) is 13.8 Å². The van der Waals surface area contributed by atoms with Crippen LogP contribution in [0.4, 0.5) is 0 Å². The van der Waals surface area contributed by atoms with Crippen LogP contribution in [0.25, 0.3) is 0 Å². The Bertz CT molecular complexity index is 219. The molecule has 4 nitrogen and oxygen atoms in total. The molecule has 0 amide bonds. The zero-order valence-electron chi connectivity index (χ0n) is 6.14. The molecule has 0 radical (unpaired) electrons. The Balaban J connectivity index is 2.81. The summed E-state index contributed by atoms with van der Waals surface area (Å²) in [5.74, 6) is 6.59. The summed E-state index contributed by atoms with van der Waals surface area (Å²) < 4.78 is 5.20. The molecule has 0 saturated heterocycles. The van der Waals surface area contributed by atoms with Crippen molar-refractivity contribution in [1.29, 1.82) is 0 Å². The molecule has 0 aliphatic heterocycles. The van der Waals surface area contributed by atoms with Crippen molar-refractivity contribution in [1.82, 2.24) is 10.4 Å². The molecule has 4 heteroatoms. The number of nitrogens with two attached hydrogens (primary N) is 1. The molecule has 0 aromatic carbocycles. The van der Waals surface area contributed by atoms with Crippen molar-refractivity contribution in [3.63, 3.8) is 0 Å². The highest BCUT2D eigenvalue weighted by molar-refractivity contribution is 5.06. The van der Waals surface area contributed by atoms with Crippen molar-refractivity contribution in [2.24, 2.45) is 5.84 Å². The average Bonchev–Trinajstić information content (AvgIpc) is 2.13. The molecule has 0 unspecified atom stereocenters. The van der Waals surface area contributed by atoms with Crippen LogP contribution in [0.5, 0.6) is 0 Å². The van der Waals surface area contributed by atoms with E-state index in [0.29, 0.717) is 12.4 Å². The summed E-state index contributed by atoms with van der Waals surface area (Å²) in [6.07, 6.45) is 0. The highest BCUT2D eigenvalue weighted by atomic mass is 16.4. The third kappa shape index (κ3) is 1.34. The van der Waals surface area contributed by atoms with Crippen LogP contribution >= 0.6 is 0 Å². The highest BCUT2D eigenvalue weighted by Crippen LogP contribution is 2.07. The van der Waals surface area contributed by atoms with E-state index in [-0.39, 0.29) is 0 Å². The second-order valence-corrected chi connectivity index (χ2v) is 2.12. The van der Waals surface area contributed by atoms with E-state index in [0.717, 1.165) is 11.5 Å². The number of aryl methyl sites for hydroxylation is 2. The molecule has 0 fully saturated rings. The van der Waals surface area contributed by atoms with Gasteiger partial charge in [0.05, 0.1) is 12.2 Å². The Hall–Kier alpha value is -0.870. The van der Waals surface area contributed by atoms with Crippen molar-refractivity contribution < 1.29 is 4.42 Å². The summed E-state index contributed by atoms with van der Waals surface area (Å²) in [7, 11) is 0. The maximum absolute atomic E-state index is 5.20. The van der Waals surface area contributed by atoms with Crippen LogP contribution in [-0.4, -0.2) is 4.98 Å². The van der Waals surface area contributed by atoms with Crippen molar-refractivity contribution in [3.8, 4) is 0 Å². The summed E-state index contributed by atoms with van der Waals surface area (Å²) in [5.41, 5.74) is 3.40. The number of nitrogens with zero attached hydrogens (tertiary/aromatic N) is 1. The van der Waals surface area contributed by atoms with Crippen molar-refractivity contribution in [3.05, 3.63) is 17.3 Å². The summed E-state index contributed by atoms with van der Waals surface area (Å²) in [6, 6.07) is 0. The largest absolute Gasteiger partial charge is 0.444 e. The second kappa shape index (κ2) is 2.81. The van der Waals surface area contributed by atoms with Crippen LogP contribution in [0.1, 0.15) is 17.3 Å². The summed E-state index contributed by atoms with van der Waals surface area (Å²) in [6.45, 7) is 4.24. The minimum Gasteiger partial charge on any atom is -0.444 e. The first-order valence-electron chi connectivity index (χ1n) is 3.10. The molecule has 0 aliphatic carbocycles. The molecule has 56 valence electrons. The van der Waals surface area contributed by atoms with Gasteiger partial charge in [-0.05, 0) is 6.92 Å². The fourth-order valence-electron chi connectivity index (χ4n) is 0.830. The molecule has 3 N–H and O–H groups in total. The number of hydrazine groups is 1. The van der Waals surface area contributed by atoms with E-state index < -0.39 is 0 Å². The fourth-order valence-corrected chi connectivity index (χ4v) is 0.830. The van der Waals surface area contributed by atoms with Crippen molar-refractivity contribution >= 4 is 0 Å². The Labute approximate surface area is 59.4 Å². The van der Waals surface area contributed by atoms with Gasteiger partial charge < -0.3 is 4.42 Å². The van der Waals surface area contributed by atoms with Crippen LogP contribution in [-0.2, 0) is 6.54 Å². The number of oxazole rings is 1. The number of nitrogens with one attached hydrogen (secondary N) is 1. The number of rotatable bonds is 2. The summed E-state index contributed by atoms with van der Waals surface area (Å²) >= 11 is 0. The van der Waals surface area contributed by atoms with Gasteiger partial charge in [0.25, 0.3) is 0 Å². The van der Waals surface area contributed by atoms with Gasteiger partial charge in [0, 0.05) is 6.92 Å². The van der Waals surface area contributed by atoms with Crippen LogP contribution in [0.15, 0.2) is 4.42 Å². The third-order valence-electron chi connectivity index (χ3n) is 1.26. The Kier molecular flexibility index (Phi) is 2.03. The quantitative estimate of drug-likeness (QED) is 0.458. The zero-order valence-corrected chi connectivity index (χ0v) is 6.14. The zero-order chi connectivity index (χ0) is 7.56. The molecule has 1 heterocycles. The lowest BCUT2D eigenvalue weighted by molar-refractivity contribution is 0.457. The lowest BCUT2D eigenvalue weighted by atomic mass is 10.4. The molecule has 1 aromatic rings. The van der Waals surface area contributed by atoms with Crippen molar-refractivity contribution in [2.45, 2.75) is 20.4 Å². The average molecular weight is 141 g/mol. The van der Waals surface area contributed by atoms with Gasteiger partial charge in [-0.15, -0.1) is 0 Å². The predicted molar refractivity (Wildman–Crippen MR) is 37.0 cm³/mol. The second-order valence-electron chi connectivity index (χ2n) is 2.12. The van der Waals surface area contributed by atoms with Gasteiger partial charge in [-0.3, -0.25) is 11.3 Å². The Morgan fingerprint density at radius 3 is 2.70 bits per heavy atom. The van der Waals surface area contributed by atoms with Crippen LogP contribution in [0.2, 0.25) is 0 Å². The third-order valence-corrected chi connectivity index (χ3v) is 1.26. The molecular formula is C6H11N3O. The van der Waals surface area contributed by atoms with Gasteiger partial charge in [0.1, 0.15) is 5.76 Å². The molecule has 1 aromatic heterocycles. The van der Waals surface area contributed by atoms with Gasteiger partial charge >= 0.3 is 0 Å². The molecule has 0 bridgehead atoms. The summed E-state index contributed by atoms with van der Waals surface area (Å²) in [5, 5.41) is 0. The topological polar surface area (TPSA) is 64.1 Å². The van der Waals surface area contributed by atoms with Crippen LogP contribution in [0, 0.1) is 13.8 Å². The Morgan fingerprint density at radius 2 is 2.30 bits per heavy atom. The van der Waals surface area contributed by atoms with Crippen molar-refractivity contribution in [2.75, 3.05) is 0 Å². The minimum absolute atomic E-state index is 0.534. The lowest BCUT2D eigenvalue weighted by Crippen LogP contribution is -2.20. The number of aromatic nitrogens is 1. The van der Waals surface area contributed by atoms with E-state index >= 15 is 0 Å². The van der Waals surface area contributed by atoms with E-state index in [1.54, 1.807) is 0 Å².